The summed E-state index contributed by atoms with van der Waals surface area (Å²) in [6, 6.07) is -0.0745. The molecular formula is C19H35NO3. The molecule has 1 amide bonds. The van der Waals surface area contributed by atoms with Crippen LogP contribution in [0.1, 0.15) is 90.9 Å². The van der Waals surface area contributed by atoms with Gasteiger partial charge in [0, 0.05) is 13.0 Å². The van der Waals surface area contributed by atoms with Crippen molar-refractivity contribution in [2.24, 2.45) is 5.92 Å². The first kappa shape index (κ1) is 20.0. The van der Waals surface area contributed by atoms with Crippen LogP contribution in [0.4, 0.5) is 0 Å². The van der Waals surface area contributed by atoms with E-state index in [-0.39, 0.29) is 17.9 Å². The number of carbonyl (C=O) groups excluding carboxylic acids is 2. The van der Waals surface area contributed by atoms with E-state index in [1.807, 2.05) is 6.92 Å². The van der Waals surface area contributed by atoms with Crippen molar-refractivity contribution < 1.29 is 14.3 Å². The number of rotatable bonds is 5. The molecule has 134 valence electrons. The van der Waals surface area contributed by atoms with Crippen molar-refractivity contribution in [3.8, 4) is 0 Å². The minimum atomic E-state index is -0.197. The SMILES string of the molecule is CCOC(=O)C[C@H](NC(C)=O)C1CCCCCCCCCCC1. The highest BCUT2D eigenvalue weighted by molar-refractivity contribution is 5.75. The van der Waals surface area contributed by atoms with E-state index in [1.165, 1.54) is 64.7 Å². The second-order valence-corrected chi connectivity index (χ2v) is 6.84. The fourth-order valence-corrected chi connectivity index (χ4v) is 3.59. The van der Waals surface area contributed by atoms with E-state index < -0.39 is 0 Å². The smallest absolute Gasteiger partial charge is 0.307 e. The molecule has 1 fully saturated rings. The lowest BCUT2D eigenvalue weighted by molar-refractivity contribution is -0.144. The maximum absolute atomic E-state index is 11.9. The third-order valence-corrected chi connectivity index (χ3v) is 4.80. The molecule has 1 rings (SSSR count). The van der Waals surface area contributed by atoms with Gasteiger partial charge in [-0.25, -0.2) is 0 Å². The van der Waals surface area contributed by atoms with E-state index in [1.54, 1.807) is 0 Å². The van der Waals surface area contributed by atoms with Crippen molar-refractivity contribution in [1.82, 2.24) is 5.32 Å². The molecule has 0 aromatic heterocycles. The molecular weight excluding hydrogens is 290 g/mol. The Morgan fingerprint density at radius 3 is 1.87 bits per heavy atom. The molecule has 4 nitrogen and oxygen atoms in total. The second-order valence-electron chi connectivity index (χ2n) is 6.84. The standard InChI is InChI=1S/C19H35NO3/c1-3-23-19(22)15-18(20-16(2)21)17-13-11-9-7-5-4-6-8-10-12-14-17/h17-18H,3-15H2,1-2H3,(H,20,21)/t18-/m0/s1. The van der Waals surface area contributed by atoms with Crippen LogP contribution in [-0.2, 0) is 14.3 Å². The monoisotopic (exact) mass is 325 g/mol. The first-order chi connectivity index (χ1) is 11.1. The molecule has 1 atom stereocenters. The van der Waals surface area contributed by atoms with Gasteiger partial charge in [-0.3, -0.25) is 9.59 Å². The highest BCUT2D eigenvalue weighted by Crippen LogP contribution is 2.25. The zero-order chi connectivity index (χ0) is 16.9. The third kappa shape index (κ3) is 9.62. The molecule has 0 aromatic rings. The van der Waals surface area contributed by atoms with Gasteiger partial charge in [-0.05, 0) is 25.7 Å². The number of amides is 1. The van der Waals surface area contributed by atoms with Crippen molar-refractivity contribution in [2.45, 2.75) is 96.9 Å². The molecule has 1 N–H and O–H groups in total. The molecule has 0 spiro atoms. The van der Waals surface area contributed by atoms with Gasteiger partial charge in [0.1, 0.15) is 0 Å². The quantitative estimate of drug-likeness (QED) is 0.764. The van der Waals surface area contributed by atoms with Crippen LogP contribution in [0.3, 0.4) is 0 Å². The summed E-state index contributed by atoms with van der Waals surface area (Å²) >= 11 is 0. The van der Waals surface area contributed by atoms with Crippen molar-refractivity contribution in [3.05, 3.63) is 0 Å². The van der Waals surface area contributed by atoms with Crippen LogP contribution in [0.5, 0.6) is 0 Å². The van der Waals surface area contributed by atoms with E-state index in [0.29, 0.717) is 18.9 Å². The Bertz CT molecular complexity index is 332. The fourth-order valence-electron chi connectivity index (χ4n) is 3.59. The zero-order valence-corrected chi connectivity index (χ0v) is 15.1. The minimum absolute atomic E-state index is 0.0505. The van der Waals surface area contributed by atoms with Gasteiger partial charge in [0.15, 0.2) is 0 Å². The van der Waals surface area contributed by atoms with Crippen molar-refractivity contribution >= 4 is 11.9 Å². The van der Waals surface area contributed by atoms with Gasteiger partial charge in [0.05, 0.1) is 13.0 Å². The average molecular weight is 325 g/mol. The van der Waals surface area contributed by atoms with Gasteiger partial charge in [-0.1, -0.05) is 57.8 Å². The fraction of sp³-hybridized carbons (Fsp3) is 0.895. The van der Waals surface area contributed by atoms with E-state index in [0.717, 1.165) is 12.8 Å². The molecule has 4 heteroatoms. The Labute approximate surface area is 141 Å². The molecule has 0 saturated heterocycles. The highest BCUT2D eigenvalue weighted by atomic mass is 16.5. The number of hydrogen-bond acceptors (Lipinski definition) is 3. The lowest BCUT2D eigenvalue weighted by Gasteiger charge is -2.27. The zero-order valence-electron chi connectivity index (χ0n) is 15.1. The first-order valence-electron chi connectivity index (χ1n) is 9.56. The number of hydrogen-bond donors (Lipinski definition) is 1. The number of carbonyl (C=O) groups is 2. The Balaban J connectivity index is 2.63. The van der Waals surface area contributed by atoms with Crippen LogP contribution in [-0.4, -0.2) is 24.5 Å². The van der Waals surface area contributed by atoms with Crippen LogP contribution in [0.25, 0.3) is 0 Å². The van der Waals surface area contributed by atoms with Crippen LogP contribution >= 0.6 is 0 Å². The maximum Gasteiger partial charge on any atom is 0.307 e. The third-order valence-electron chi connectivity index (χ3n) is 4.80. The highest BCUT2D eigenvalue weighted by Gasteiger charge is 2.25. The summed E-state index contributed by atoms with van der Waals surface area (Å²) in [7, 11) is 0. The Morgan fingerprint density at radius 2 is 1.43 bits per heavy atom. The molecule has 0 heterocycles. The van der Waals surface area contributed by atoms with Gasteiger partial charge in [0.2, 0.25) is 5.91 Å². The molecule has 0 aromatic carbocycles. The predicted octanol–water partition coefficient (Wildman–Crippen LogP) is 4.37. The van der Waals surface area contributed by atoms with E-state index in [4.69, 9.17) is 4.74 Å². The van der Waals surface area contributed by atoms with Crippen LogP contribution in [0.15, 0.2) is 0 Å². The summed E-state index contributed by atoms with van der Waals surface area (Å²) in [6.45, 7) is 3.76. The maximum atomic E-state index is 11.9. The van der Waals surface area contributed by atoms with Crippen molar-refractivity contribution in [3.63, 3.8) is 0 Å². The van der Waals surface area contributed by atoms with E-state index >= 15 is 0 Å². The molecule has 1 saturated carbocycles. The Hall–Kier alpha value is -1.06. The lowest BCUT2D eigenvalue weighted by Crippen LogP contribution is -2.41. The predicted molar refractivity (Wildman–Crippen MR) is 93.1 cm³/mol. The summed E-state index contributed by atoms with van der Waals surface area (Å²) in [5.74, 6) is 0.144. The van der Waals surface area contributed by atoms with Crippen LogP contribution in [0, 0.1) is 5.92 Å². The molecule has 0 radical (unpaired) electrons. The summed E-state index contributed by atoms with van der Waals surface area (Å²) in [5, 5.41) is 3.01. The Morgan fingerprint density at radius 1 is 0.957 bits per heavy atom. The summed E-state index contributed by atoms with van der Waals surface area (Å²) in [5.41, 5.74) is 0. The minimum Gasteiger partial charge on any atom is -0.466 e. The molecule has 1 aliphatic carbocycles. The van der Waals surface area contributed by atoms with Gasteiger partial charge in [-0.15, -0.1) is 0 Å². The van der Waals surface area contributed by atoms with Gasteiger partial charge >= 0.3 is 5.97 Å². The topological polar surface area (TPSA) is 55.4 Å². The second kappa shape index (κ2) is 12.4. The number of ether oxygens (including phenoxy) is 1. The van der Waals surface area contributed by atoms with Crippen LogP contribution in [0.2, 0.25) is 0 Å². The van der Waals surface area contributed by atoms with E-state index in [9.17, 15) is 9.59 Å². The largest absolute Gasteiger partial charge is 0.466 e. The normalized spacial score (nSPS) is 19.9. The van der Waals surface area contributed by atoms with Crippen molar-refractivity contribution in [2.75, 3.05) is 6.61 Å². The van der Waals surface area contributed by atoms with Crippen molar-refractivity contribution in [1.29, 1.82) is 0 Å². The molecule has 0 unspecified atom stereocenters. The van der Waals surface area contributed by atoms with Gasteiger partial charge in [0.25, 0.3) is 0 Å². The van der Waals surface area contributed by atoms with Gasteiger partial charge < -0.3 is 10.1 Å². The number of esters is 1. The number of nitrogens with one attached hydrogen (secondary N) is 1. The molecule has 1 aliphatic rings. The summed E-state index contributed by atoms with van der Waals surface area (Å²) in [6.07, 6.45) is 14.1. The lowest BCUT2D eigenvalue weighted by atomic mass is 9.86. The average Bonchev–Trinajstić information content (AvgIpc) is 2.47. The summed E-state index contributed by atoms with van der Waals surface area (Å²) in [4.78, 5) is 23.4. The molecule has 23 heavy (non-hydrogen) atoms. The van der Waals surface area contributed by atoms with E-state index in [2.05, 4.69) is 5.32 Å². The van der Waals surface area contributed by atoms with Crippen LogP contribution < -0.4 is 5.32 Å². The summed E-state index contributed by atoms with van der Waals surface area (Å²) < 4.78 is 5.09. The molecule has 0 aliphatic heterocycles. The first-order valence-corrected chi connectivity index (χ1v) is 9.56. The van der Waals surface area contributed by atoms with Gasteiger partial charge in [-0.2, -0.15) is 0 Å². The Kier molecular flexibility index (Phi) is 10.8. The molecule has 0 bridgehead atoms.